The monoisotopic (exact) mass is 307 g/mol. The quantitative estimate of drug-likeness (QED) is 0.808. The maximum absolute atomic E-state index is 13.1. The highest BCUT2D eigenvalue weighted by Gasteiger charge is 2.53. The van der Waals surface area contributed by atoms with Gasteiger partial charge in [-0.05, 0) is 18.6 Å². The molecule has 0 aromatic carbocycles. The summed E-state index contributed by atoms with van der Waals surface area (Å²) in [6.45, 7) is 1.68. The van der Waals surface area contributed by atoms with Gasteiger partial charge in [0.05, 0.1) is 5.57 Å². The molecule has 1 N–H and O–H groups in total. The molecule has 7 heteroatoms. The second kappa shape index (κ2) is 4.55. The van der Waals surface area contributed by atoms with E-state index in [-0.39, 0.29) is 6.42 Å². The van der Waals surface area contributed by atoms with Gasteiger partial charge in [0.2, 0.25) is 0 Å². The van der Waals surface area contributed by atoms with Crippen LogP contribution in [-0.4, -0.2) is 35.2 Å². The average Bonchev–Trinajstić information content (AvgIpc) is 2.24. The number of nitrogens with zero attached hydrogens (tertiary/aromatic N) is 1. The van der Waals surface area contributed by atoms with Gasteiger partial charge in [0, 0.05) is 23.2 Å². The van der Waals surface area contributed by atoms with Crippen LogP contribution in [0.1, 0.15) is 13.3 Å². The van der Waals surface area contributed by atoms with Crippen LogP contribution in [0.2, 0.25) is 0 Å². The third-order valence-corrected chi connectivity index (χ3v) is 3.90. The second-order valence-electron chi connectivity index (χ2n) is 5.22. The van der Waals surface area contributed by atoms with Crippen molar-refractivity contribution in [3.05, 3.63) is 34.5 Å². The summed E-state index contributed by atoms with van der Waals surface area (Å²) in [4.78, 5) is 12.2. The van der Waals surface area contributed by atoms with Crippen LogP contribution in [0.3, 0.4) is 0 Å². The first-order valence-corrected chi connectivity index (χ1v) is 6.26. The van der Waals surface area contributed by atoms with E-state index in [2.05, 4.69) is 0 Å². The van der Waals surface area contributed by atoms with Crippen molar-refractivity contribution >= 4 is 17.6 Å². The fraction of sp³-hybridized carbons (Fsp3) is 0.462. The van der Waals surface area contributed by atoms with Gasteiger partial charge in [-0.15, -0.1) is 0 Å². The third kappa shape index (κ3) is 2.32. The van der Waals surface area contributed by atoms with E-state index >= 15 is 0 Å². The second-order valence-corrected chi connectivity index (χ2v) is 5.71. The van der Waals surface area contributed by atoms with Crippen LogP contribution in [0, 0.1) is 5.41 Å². The Labute approximate surface area is 119 Å². The zero-order valence-electron chi connectivity index (χ0n) is 10.8. The molecule has 0 amide bonds. The molecule has 0 spiro atoms. The van der Waals surface area contributed by atoms with Gasteiger partial charge in [0.25, 0.3) is 0 Å². The number of carbonyl (C=O) groups is 1. The topological polar surface area (TPSA) is 40.5 Å². The Hall–Kier alpha value is -1.43. The highest BCUT2D eigenvalue weighted by molar-refractivity contribution is 6.29. The molecule has 2 unspecified atom stereocenters. The van der Waals surface area contributed by atoms with Crippen molar-refractivity contribution in [2.75, 3.05) is 7.05 Å². The maximum atomic E-state index is 13.1. The summed E-state index contributed by atoms with van der Waals surface area (Å²) in [6, 6.07) is -2.15. The van der Waals surface area contributed by atoms with E-state index in [4.69, 9.17) is 16.7 Å². The van der Waals surface area contributed by atoms with Gasteiger partial charge in [0.1, 0.15) is 0 Å². The first-order valence-electron chi connectivity index (χ1n) is 5.89. The molecule has 0 radical (unpaired) electrons. The van der Waals surface area contributed by atoms with Gasteiger partial charge < -0.3 is 10.0 Å². The maximum Gasteiger partial charge on any atom is 0.413 e. The minimum atomic E-state index is -4.66. The summed E-state index contributed by atoms with van der Waals surface area (Å²) in [5.41, 5.74) is -1.09. The van der Waals surface area contributed by atoms with E-state index in [9.17, 15) is 18.0 Å². The van der Waals surface area contributed by atoms with Crippen molar-refractivity contribution in [1.82, 2.24) is 4.90 Å². The number of fused-ring (bicyclic) bond motifs is 1. The Kier molecular flexibility index (Phi) is 3.40. The molecule has 1 aliphatic carbocycles. The lowest BCUT2D eigenvalue weighted by Gasteiger charge is -2.46. The molecule has 0 bridgehead atoms. The highest BCUT2D eigenvalue weighted by Crippen LogP contribution is 2.48. The number of allylic oxidation sites excluding steroid dienone is 4. The smallest absolute Gasteiger partial charge is 0.413 e. The van der Waals surface area contributed by atoms with Crippen molar-refractivity contribution < 1.29 is 23.1 Å². The van der Waals surface area contributed by atoms with Crippen LogP contribution in [0.25, 0.3) is 0 Å². The summed E-state index contributed by atoms with van der Waals surface area (Å²) in [6.07, 6.45) is -0.144. The Morgan fingerprint density at radius 1 is 1.50 bits per heavy atom. The lowest BCUT2D eigenvalue weighted by Crippen LogP contribution is -2.52. The summed E-state index contributed by atoms with van der Waals surface area (Å²) < 4.78 is 39.4. The molecule has 20 heavy (non-hydrogen) atoms. The third-order valence-electron chi connectivity index (χ3n) is 3.64. The molecule has 2 rings (SSSR count). The Morgan fingerprint density at radius 2 is 2.10 bits per heavy atom. The molecule has 1 heterocycles. The van der Waals surface area contributed by atoms with E-state index in [0.717, 1.165) is 4.90 Å². The van der Waals surface area contributed by atoms with Crippen LogP contribution in [0.5, 0.6) is 0 Å². The van der Waals surface area contributed by atoms with Gasteiger partial charge in [-0.1, -0.05) is 24.6 Å². The summed E-state index contributed by atoms with van der Waals surface area (Å²) in [5.74, 6) is -1.56. The lowest BCUT2D eigenvalue weighted by atomic mass is 9.74. The number of carboxylic acids is 1. The van der Waals surface area contributed by atoms with E-state index in [0.29, 0.717) is 10.7 Å². The number of hydrogen-bond donors (Lipinski definition) is 1. The first-order chi connectivity index (χ1) is 9.06. The summed E-state index contributed by atoms with van der Waals surface area (Å²) in [5, 5.41) is 9.58. The molecule has 110 valence electrons. The van der Waals surface area contributed by atoms with Crippen LogP contribution < -0.4 is 0 Å². The molecule has 2 atom stereocenters. The highest BCUT2D eigenvalue weighted by atomic mass is 35.5. The number of aliphatic carboxylic acids is 1. The molecule has 0 fully saturated rings. The molecule has 1 aliphatic heterocycles. The number of carboxylic acid groups (broad SMARTS) is 1. The van der Waals surface area contributed by atoms with E-state index in [1.807, 2.05) is 0 Å². The standard InChI is InChI=1S/C13H13ClF3NO2/c1-12-5-7(14)3-4-9(12)18(2)10(13(15,16)17)8(6-12)11(19)20/h3-4,6,10H,5H2,1-2H3,(H,19,20). The van der Waals surface area contributed by atoms with Gasteiger partial charge in [0.15, 0.2) is 6.04 Å². The Morgan fingerprint density at radius 3 is 2.60 bits per heavy atom. The van der Waals surface area contributed by atoms with Crippen molar-refractivity contribution in [2.24, 2.45) is 5.41 Å². The first kappa shape index (κ1) is 15.0. The van der Waals surface area contributed by atoms with E-state index < -0.39 is 29.2 Å². The lowest BCUT2D eigenvalue weighted by molar-refractivity contribution is -0.174. The predicted molar refractivity (Wildman–Crippen MR) is 68.1 cm³/mol. The van der Waals surface area contributed by atoms with Crippen LogP contribution in [0.4, 0.5) is 13.2 Å². The van der Waals surface area contributed by atoms with Crippen molar-refractivity contribution in [1.29, 1.82) is 0 Å². The Bertz CT molecular complexity index is 550. The molecule has 0 saturated carbocycles. The minimum Gasteiger partial charge on any atom is -0.478 e. The molecular weight excluding hydrogens is 295 g/mol. The van der Waals surface area contributed by atoms with E-state index in [1.165, 1.54) is 19.2 Å². The summed E-state index contributed by atoms with van der Waals surface area (Å²) in [7, 11) is 1.26. The average molecular weight is 308 g/mol. The number of rotatable bonds is 1. The zero-order chi connectivity index (χ0) is 15.3. The molecule has 0 aromatic heterocycles. The zero-order valence-corrected chi connectivity index (χ0v) is 11.6. The molecule has 2 aliphatic rings. The summed E-state index contributed by atoms with van der Waals surface area (Å²) >= 11 is 5.93. The van der Waals surface area contributed by atoms with Gasteiger partial charge in [-0.25, -0.2) is 4.79 Å². The van der Waals surface area contributed by atoms with Gasteiger partial charge >= 0.3 is 12.1 Å². The Balaban J connectivity index is 2.62. The van der Waals surface area contributed by atoms with Gasteiger partial charge in [-0.3, -0.25) is 0 Å². The molecule has 3 nitrogen and oxygen atoms in total. The molecular formula is C13H13ClF3NO2. The largest absolute Gasteiger partial charge is 0.478 e. The van der Waals surface area contributed by atoms with Crippen LogP contribution >= 0.6 is 11.6 Å². The van der Waals surface area contributed by atoms with E-state index in [1.54, 1.807) is 13.0 Å². The fourth-order valence-corrected chi connectivity index (χ4v) is 3.19. The number of likely N-dealkylation sites (N-methyl/N-ethyl adjacent to an activating group) is 1. The SMILES string of the molecule is CN1C2=CC=C(Cl)CC2(C)C=C(C(=O)O)C1C(F)(F)F. The van der Waals surface area contributed by atoms with Crippen molar-refractivity contribution in [2.45, 2.75) is 25.6 Å². The normalized spacial score (nSPS) is 30.2. The van der Waals surface area contributed by atoms with Crippen molar-refractivity contribution in [3.8, 4) is 0 Å². The van der Waals surface area contributed by atoms with Crippen LogP contribution in [0.15, 0.2) is 34.5 Å². The van der Waals surface area contributed by atoms with Crippen LogP contribution in [-0.2, 0) is 4.79 Å². The number of hydrogen-bond acceptors (Lipinski definition) is 2. The predicted octanol–water partition coefficient (Wildman–Crippen LogP) is 3.29. The molecule has 0 saturated heterocycles. The number of halogens is 4. The fourth-order valence-electron chi connectivity index (χ4n) is 2.85. The van der Waals surface area contributed by atoms with Crippen molar-refractivity contribution in [3.63, 3.8) is 0 Å². The minimum absolute atomic E-state index is 0.284. The number of alkyl halides is 3. The molecule has 0 aromatic rings. The van der Waals surface area contributed by atoms with Gasteiger partial charge in [-0.2, -0.15) is 13.2 Å².